The first-order valence-corrected chi connectivity index (χ1v) is 6.91. The van der Waals surface area contributed by atoms with Gasteiger partial charge in [0.05, 0.1) is 0 Å². The summed E-state index contributed by atoms with van der Waals surface area (Å²) in [6, 6.07) is 8.94. The molecule has 1 aromatic rings. The minimum absolute atomic E-state index is 0.281. The van der Waals surface area contributed by atoms with Gasteiger partial charge in [-0.15, -0.1) is 0 Å². The molecule has 1 aromatic carbocycles. The van der Waals surface area contributed by atoms with Crippen LogP contribution in [0.15, 0.2) is 24.3 Å². The second-order valence-corrected chi connectivity index (χ2v) is 5.69. The fraction of sp³-hybridized carbons (Fsp3) is 0.538. The van der Waals surface area contributed by atoms with Crippen LogP contribution in [-0.2, 0) is 11.2 Å². The Kier molecular flexibility index (Phi) is 4.61. The van der Waals surface area contributed by atoms with Gasteiger partial charge in [0, 0.05) is 22.8 Å². The standard InChI is InChI=1S/C13H18INO/c14-12-3-1-10(2-4-12)9-13(15)11-5-7-16-8-6-11/h1-4,11,13H,5-9,15H2. The third kappa shape index (κ3) is 3.43. The Morgan fingerprint density at radius 1 is 1.25 bits per heavy atom. The van der Waals surface area contributed by atoms with Crippen LogP contribution in [0.1, 0.15) is 18.4 Å². The molecule has 0 spiro atoms. The molecule has 3 heteroatoms. The van der Waals surface area contributed by atoms with Crippen LogP contribution in [0.5, 0.6) is 0 Å². The predicted molar refractivity (Wildman–Crippen MR) is 74.4 cm³/mol. The molecule has 0 bridgehead atoms. The topological polar surface area (TPSA) is 35.2 Å². The van der Waals surface area contributed by atoms with Gasteiger partial charge in [0.2, 0.25) is 0 Å². The normalized spacial score (nSPS) is 19.6. The third-order valence-electron chi connectivity index (χ3n) is 3.26. The zero-order valence-electron chi connectivity index (χ0n) is 9.36. The summed E-state index contributed by atoms with van der Waals surface area (Å²) in [5.74, 6) is 0.632. The van der Waals surface area contributed by atoms with Gasteiger partial charge in [-0.3, -0.25) is 0 Å². The van der Waals surface area contributed by atoms with E-state index in [0.717, 1.165) is 32.5 Å². The SMILES string of the molecule is NC(Cc1ccc(I)cc1)C1CCOCC1. The molecule has 0 radical (unpaired) electrons. The highest BCUT2D eigenvalue weighted by Gasteiger charge is 2.20. The molecule has 1 aliphatic rings. The lowest BCUT2D eigenvalue weighted by Gasteiger charge is -2.27. The Bertz CT molecular complexity index is 319. The van der Waals surface area contributed by atoms with E-state index in [1.54, 1.807) is 0 Å². The van der Waals surface area contributed by atoms with E-state index >= 15 is 0 Å². The number of ether oxygens (including phenoxy) is 1. The number of halogens is 1. The molecule has 1 unspecified atom stereocenters. The minimum atomic E-state index is 0.281. The average molecular weight is 331 g/mol. The Balaban J connectivity index is 1.90. The molecular formula is C13H18INO. The van der Waals surface area contributed by atoms with Gasteiger partial charge >= 0.3 is 0 Å². The Labute approximate surface area is 111 Å². The van der Waals surface area contributed by atoms with E-state index in [0.29, 0.717) is 5.92 Å². The molecule has 0 aliphatic carbocycles. The number of benzene rings is 1. The summed E-state index contributed by atoms with van der Waals surface area (Å²) >= 11 is 2.33. The van der Waals surface area contributed by atoms with Crippen molar-refractivity contribution in [2.24, 2.45) is 11.7 Å². The van der Waals surface area contributed by atoms with Gasteiger partial charge in [-0.2, -0.15) is 0 Å². The minimum Gasteiger partial charge on any atom is -0.381 e. The highest BCUT2D eigenvalue weighted by molar-refractivity contribution is 14.1. The summed E-state index contributed by atoms with van der Waals surface area (Å²) in [7, 11) is 0. The number of nitrogens with two attached hydrogens (primary N) is 1. The molecular weight excluding hydrogens is 313 g/mol. The van der Waals surface area contributed by atoms with Crippen LogP contribution in [0.25, 0.3) is 0 Å². The second kappa shape index (κ2) is 5.98. The smallest absolute Gasteiger partial charge is 0.0469 e. The van der Waals surface area contributed by atoms with Gasteiger partial charge in [-0.1, -0.05) is 12.1 Å². The largest absolute Gasteiger partial charge is 0.381 e. The maximum absolute atomic E-state index is 6.26. The molecule has 0 aromatic heterocycles. The van der Waals surface area contributed by atoms with Crippen molar-refractivity contribution in [2.45, 2.75) is 25.3 Å². The maximum atomic E-state index is 6.26. The molecule has 2 nitrogen and oxygen atoms in total. The van der Waals surface area contributed by atoms with E-state index in [-0.39, 0.29) is 6.04 Å². The zero-order valence-corrected chi connectivity index (χ0v) is 11.5. The third-order valence-corrected chi connectivity index (χ3v) is 3.98. The molecule has 2 N–H and O–H groups in total. The number of rotatable bonds is 3. The number of hydrogen-bond acceptors (Lipinski definition) is 2. The lowest BCUT2D eigenvalue weighted by Crippen LogP contribution is -2.36. The van der Waals surface area contributed by atoms with Crippen molar-refractivity contribution in [1.82, 2.24) is 0 Å². The molecule has 2 rings (SSSR count). The van der Waals surface area contributed by atoms with Crippen LogP contribution in [-0.4, -0.2) is 19.3 Å². The molecule has 1 fully saturated rings. The molecule has 1 heterocycles. The van der Waals surface area contributed by atoms with Crippen molar-refractivity contribution in [2.75, 3.05) is 13.2 Å². The quantitative estimate of drug-likeness (QED) is 0.864. The van der Waals surface area contributed by atoms with Crippen molar-refractivity contribution >= 4 is 22.6 Å². The van der Waals surface area contributed by atoms with E-state index < -0.39 is 0 Å². The molecule has 0 amide bonds. The van der Waals surface area contributed by atoms with Gasteiger partial charge < -0.3 is 10.5 Å². The van der Waals surface area contributed by atoms with E-state index in [9.17, 15) is 0 Å². The highest BCUT2D eigenvalue weighted by Crippen LogP contribution is 2.20. The van der Waals surface area contributed by atoms with Crippen LogP contribution in [0, 0.1) is 9.49 Å². The summed E-state index contributed by atoms with van der Waals surface area (Å²) < 4.78 is 6.64. The zero-order chi connectivity index (χ0) is 11.4. The van der Waals surface area contributed by atoms with Gasteiger partial charge in [-0.25, -0.2) is 0 Å². The Hall–Kier alpha value is -0.130. The van der Waals surface area contributed by atoms with Crippen LogP contribution in [0.4, 0.5) is 0 Å². The van der Waals surface area contributed by atoms with Gasteiger partial charge in [-0.05, 0) is 65.5 Å². The van der Waals surface area contributed by atoms with E-state index in [2.05, 4.69) is 46.9 Å². The van der Waals surface area contributed by atoms with Crippen molar-refractivity contribution < 1.29 is 4.74 Å². The van der Waals surface area contributed by atoms with Crippen molar-refractivity contribution in [3.8, 4) is 0 Å². The van der Waals surface area contributed by atoms with Crippen molar-refractivity contribution in [3.05, 3.63) is 33.4 Å². The lowest BCUT2D eigenvalue weighted by molar-refractivity contribution is 0.0585. The Morgan fingerprint density at radius 2 is 1.88 bits per heavy atom. The molecule has 1 saturated heterocycles. The monoisotopic (exact) mass is 331 g/mol. The fourth-order valence-electron chi connectivity index (χ4n) is 2.20. The average Bonchev–Trinajstić information content (AvgIpc) is 2.33. The first-order chi connectivity index (χ1) is 7.75. The molecule has 0 saturated carbocycles. The summed E-state index contributed by atoms with van der Waals surface area (Å²) in [5, 5.41) is 0. The summed E-state index contributed by atoms with van der Waals surface area (Å²) in [5.41, 5.74) is 7.61. The molecule has 16 heavy (non-hydrogen) atoms. The first-order valence-electron chi connectivity index (χ1n) is 5.83. The van der Waals surface area contributed by atoms with Gasteiger partial charge in [0.15, 0.2) is 0 Å². The molecule has 1 aliphatic heterocycles. The summed E-state index contributed by atoms with van der Waals surface area (Å²) in [4.78, 5) is 0. The summed E-state index contributed by atoms with van der Waals surface area (Å²) in [6.07, 6.45) is 3.22. The fourth-order valence-corrected chi connectivity index (χ4v) is 2.56. The van der Waals surface area contributed by atoms with Gasteiger partial charge in [0.1, 0.15) is 0 Å². The van der Waals surface area contributed by atoms with Crippen molar-refractivity contribution in [3.63, 3.8) is 0 Å². The van der Waals surface area contributed by atoms with E-state index in [1.165, 1.54) is 9.13 Å². The van der Waals surface area contributed by atoms with Crippen LogP contribution in [0.2, 0.25) is 0 Å². The van der Waals surface area contributed by atoms with E-state index in [4.69, 9.17) is 10.5 Å². The highest BCUT2D eigenvalue weighted by atomic mass is 127. The van der Waals surface area contributed by atoms with Crippen LogP contribution < -0.4 is 5.73 Å². The van der Waals surface area contributed by atoms with Crippen molar-refractivity contribution in [1.29, 1.82) is 0 Å². The van der Waals surface area contributed by atoms with Crippen LogP contribution >= 0.6 is 22.6 Å². The first kappa shape index (κ1) is 12.3. The number of hydrogen-bond donors (Lipinski definition) is 1. The predicted octanol–water partition coefficient (Wildman–Crippen LogP) is 2.59. The maximum Gasteiger partial charge on any atom is 0.0469 e. The van der Waals surface area contributed by atoms with Crippen LogP contribution in [0.3, 0.4) is 0 Å². The second-order valence-electron chi connectivity index (χ2n) is 4.44. The molecule has 88 valence electrons. The molecule has 1 atom stereocenters. The summed E-state index contributed by atoms with van der Waals surface area (Å²) in [6.45, 7) is 1.76. The van der Waals surface area contributed by atoms with E-state index in [1.807, 2.05) is 0 Å². The van der Waals surface area contributed by atoms with Gasteiger partial charge in [0.25, 0.3) is 0 Å². The Morgan fingerprint density at radius 3 is 2.50 bits per heavy atom. The lowest BCUT2D eigenvalue weighted by atomic mass is 9.88.